The molecule has 0 atom stereocenters. The highest BCUT2D eigenvalue weighted by molar-refractivity contribution is 7.80. The lowest BCUT2D eigenvalue weighted by molar-refractivity contribution is 0.0526. The van der Waals surface area contributed by atoms with E-state index in [1.54, 1.807) is 31.2 Å². The molecule has 0 saturated carbocycles. The maximum absolute atomic E-state index is 11.7. The SMILES string of the molecule is CCOC(=O)c1ccc(NC(=S)N(CCO)Cc2ccccc2)cc1. The Balaban J connectivity index is 2.01. The normalized spacial score (nSPS) is 10.2. The topological polar surface area (TPSA) is 61.8 Å². The molecule has 0 aromatic heterocycles. The molecule has 0 bridgehead atoms. The molecule has 2 N–H and O–H groups in total. The number of nitrogens with zero attached hydrogens (tertiary/aromatic N) is 1. The lowest BCUT2D eigenvalue weighted by Crippen LogP contribution is -2.36. The Labute approximate surface area is 153 Å². The molecule has 2 aromatic carbocycles. The molecule has 25 heavy (non-hydrogen) atoms. The lowest BCUT2D eigenvalue weighted by Gasteiger charge is -2.25. The van der Waals surface area contributed by atoms with E-state index < -0.39 is 0 Å². The number of anilines is 1. The Morgan fingerprint density at radius 3 is 2.44 bits per heavy atom. The standard InChI is InChI=1S/C19H22N2O3S/c1-2-24-18(23)16-8-10-17(11-9-16)20-19(25)21(12-13-22)14-15-6-4-3-5-7-15/h3-11,22H,2,12-14H2,1H3,(H,20,25). The summed E-state index contributed by atoms with van der Waals surface area (Å²) in [5, 5.41) is 13.0. The number of aliphatic hydroxyl groups is 1. The van der Waals surface area contributed by atoms with Gasteiger partial charge in [-0.2, -0.15) is 0 Å². The summed E-state index contributed by atoms with van der Waals surface area (Å²) in [6.45, 7) is 3.17. The number of hydrogen-bond acceptors (Lipinski definition) is 4. The van der Waals surface area contributed by atoms with E-state index in [0.717, 1.165) is 11.3 Å². The van der Waals surface area contributed by atoms with Crippen LogP contribution in [0.4, 0.5) is 5.69 Å². The number of thiocarbonyl (C=S) groups is 1. The summed E-state index contributed by atoms with van der Waals surface area (Å²) < 4.78 is 4.96. The molecule has 0 aliphatic heterocycles. The molecule has 6 heteroatoms. The van der Waals surface area contributed by atoms with Gasteiger partial charge in [-0.05, 0) is 49.0 Å². The van der Waals surface area contributed by atoms with Crippen LogP contribution in [0.1, 0.15) is 22.8 Å². The van der Waals surface area contributed by atoms with E-state index in [4.69, 9.17) is 17.0 Å². The number of benzene rings is 2. The maximum atomic E-state index is 11.7. The van der Waals surface area contributed by atoms with Gasteiger partial charge in [0, 0.05) is 18.8 Å². The van der Waals surface area contributed by atoms with Gasteiger partial charge in [-0.25, -0.2) is 4.79 Å². The van der Waals surface area contributed by atoms with Crippen molar-refractivity contribution in [2.24, 2.45) is 0 Å². The number of hydrogen-bond donors (Lipinski definition) is 2. The van der Waals surface area contributed by atoms with Crippen LogP contribution in [-0.2, 0) is 11.3 Å². The summed E-state index contributed by atoms with van der Waals surface area (Å²) in [5.41, 5.74) is 2.38. The first-order valence-corrected chi connectivity index (χ1v) is 8.52. The number of esters is 1. The predicted octanol–water partition coefficient (Wildman–Crippen LogP) is 3.05. The molecule has 0 aliphatic carbocycles. The largest absolute Gasteiger partial charge is 0.462 e. The van der Waals surface area contributed by atoms with Gasteiger partial charge < -0.3 is 20.1 Å². The predicted molar refractivity (Wildman–Crippen MR) is 103 cm³/mol. The number of carbonyl (C=O) groups excluding carboxylic acids is 1. The fourth-order valence-corrected chi connectivity index (χ4v) is 2.56. The molecular formula is C19H22N2O3S. The van der Waals surface area contributed by atoms with Crippen molar-refractivity contribution in [1.29, 1.82) is 0 Å². The molecule has 0 heterocycles. The zero-order valence-electron chi connectivity index (χ0n) is 14.1. The van der Waals surface area contributed by atoms with Crippen molar-refractivity contribution in [3.63, 3.8) is 0 Å². The third kappa shape index (κ3) is 5.85. The average Bonchev–Trinajstić information content (AvgIpc) is 2.63. The monoisotopic (exact) mass is 358 g/mol. The van der Waals surface area contributed by atoms with Crippen LogP contribution in [0.15, 0.2) is 54.6 Å². The number of aliphatic hydroxyl groups excluding tert-OH is 1. The van der Waals surface area contributed by atoms with Crippen LogP contribution in [0.2, 0.25) is 0 Å². The molecule has 0 aliphatic rings. The van der Waals surface area contributed by atoms with E-state index in [1.807, 2.05) is 35.2 Å². The molecule has 0 spiro atoms. The quantitative estimate of drug-likeness (QED) is 0.586. The molecule has 0 fully saturated rings. The first kappa shape index (κ1) is 18.9. The molecule has 2 rings (SSSR count). The Morgan fingerprint density at radius 1 is 1.16 bits per heavy atom. The molecule has 5 nitrogen and oxygen atoms in total. The second-order valence-corrected chi connectivity index (χ2v) is 5.75. The second-order valence-electron chi connectivity index (χ2n) is 5.36. The zero-order valence-corrected chi connectivity index (χ0v) is 15.0. The Bertz CT molecular complexity index is 690. The molecule has 0 unspecified atom stereocenters. The molecule has 0 amide bonds. The van der Waals surface area contributed by atoms with Crippen molar-refractivity contribution < 1.29 is 14.6 Å². The summed E-state index contributed by atoms with van der Waals surface area (Å²) >= 11 is 5.46. The molecular weight excluding hydrogens is 336 g/mol. The minimum atomic E-state index is -0.345. The Kier molecular flexibility index (Phi) is 7.37. The van der Waals surface area contributed by atoms with Gasteiger partial charge in [-0.15, -0.1) is 0 Å². The van der Waals surface area contributed by atoms with E-state index in [1.165, 1.54) is 0 Å². The Hall–Kier alpha value is -2.44. The van der Waals surface area contributed by atoms with Crippen LogP contribution in [0.5, 0.6) is 0 Å². The van der Waals surface area contributed by atoms with Gasteiger partial charge >= 0.3 is 5.97 Å². The minimum Gasteiger partial charge on any atom is -0.462 e. The van der Waals surface area contributed by atoms with E-state index in [0.29, 0.717) is 30.4 Å². The molecule has 0 radical (unpaired) electrons. The summed E-state index contributed by atoms with van der Waals surface area (Å²) in [4.78, 5) is 13.6. The number of carbonyl (C=O) groups is 1. The smallest absolute Gasteiger partial charge is 0.338 e. The van der Waals surface area contributed by atoms with Gasteiger partial charge in [-0.3, -0.25) is 0 Å². The van der Waals surface area contributed by atoms with E-state index in [2.05, 4.69) is 5.32 Å². The first-order chi connectivity index (χ1) is 12.1. The second kappa shape index (κ2) is 9.76. The third-order valence-corrected chi connectivity index (χ3v) is 3.88. The first-order valence-electron chi connectivity index (χ1n) is 8.12. The summed E-state index contributed by atoms with van der Waals surface area (Å²) in [6.07, 6.45) is 0. The molecule has 2 aromatic rings. The van der Waals surface area contributed by atoms with Crippen LogP contribution < -0.4 is 5.32 Å². The van der Waals surface area contributed by atoms with Gasteiger partial charge in [0.15, 0.2) is 5.11 Å². The lowest BCUT2D eigenvalue weighted by atomic mass is 10.2. The van der Waals surface area contributed by atoms with Crippen molar-refractivity contribution in [2.45, 2.75) is 13.5 Å². The summed E-state index contributed by atoms with van der Waals surface area (Å²) in [7, 11) is 0. The number of rotatable bonds is 7. The number of nitrogens with one attached hydrogen (secondary N) is 1. The van der Waals surface area contributed by atoms with Crippen LogP contribution in [0, 0.1) is 0 Å². The highest BCUT2D eigenvalue weighted by atomic mass is 32.1. The highest BCUT2D eigenvalue weighted by Gasteiger charge is 2.11. The van der Waals surface area contributed by atoms with Crippen molar-refractivity contribution >= 4 is 29.0 Å². The fraction of sp³-hybridized carbons (Fsp3) is 0.263. The van der Waals surface area contributed by atoms with E-state index in [-0.39, 0.29) is 12.6 Å². The van der Waals surface area contributed by atoms with Gasteiger partial charge in [0.2, 0.25) is 0 Å². The molecule has 0 saturated heterocycles. The number of ether oxygens (including phenoxy) is 1. The van der Waals surface area contributed by atoms with Crippen molar-refractivity contribution in [3.05, 3.63) is 65.7 Å². The van der Waals surface area contributed by atoms with Gasteiger partial charge in [-0.1, -0.05) is 30.3 Å². The van der Waals surface area contributed by atoms with Crippen molar-refractivity contribution in [1.82, 2.24) is 4.90 Å². The summed E-state index contributed by atoms with van der Waals surface area (Å²) in [5.74, 6) is -0.345. The van der Waals surface area contributed by atoms with Crippen LogP contribution in [-0.4, -0.2) is 40.8 Å². The highest BCUT2D eigenvalue weighted by Crippen LogP contribution is 2.13. The summed E-state index contributed by atoms with van der Waals surface area (Å²) in [6, 6.07) is 16.9. The maximum Gasteiger partial charge on any atom is 0.338 e. The van der Waals surface area contributed by atoms with Gasteiger partial charge in [0.1, 0.15) is 0 Å². The van der Waals surface area contributed by atoms with Crippen LogP contribution in [0.25, 0.3) is 0 Å². The average molecular weight is 358 g/mol. The van der Waals surface area contributed by atoms with Crippen LogP contribution in [0.3, 0.4) is 0 Å². The zero-order chi connectivity index (χ0) is 18.1. The minimum absolute atomic E-state index is 0.0104. The van der Waals surface area contributed by atoms with Crippen LogP contribution >= 0.6 is 12.2 Å². The van der Waals surface area contributed by atoms with E-state index >= 15 is 0 Å². The van der Waals surface area contributed by atoms with Gasteiger partial charge in [0.05, 0.1) is 18.8 Å². The third-order valence-electron chi connectivity index (χ3n) is 3.52. The fourth-order valence-electron chi connectivity index (χ4n) is 2.28. The van der Waals surface area contributed by atoms with E-state index in [9.17, 15) is 9.90 Å². The van der Waals surface area contributed by atoms with Crippen molar-refractivity contribution in [2.75, 3.05) is 25.1 Å². The van der Waals surface area contributed by atoms with Crippen molar-refractivity contribution in [3.8, 4) is 0 Å². The van der Waals surface area contributed by atoms with Gasteiger partial charge in [0.25, 0.3) is 0 Å². The Morgan fingerprint density at radius 2 is 1.84 bits per heavy atom. The molecule has 132 valence electrons.